The predicted molar refractivity (Wildman–Crippen MR) is 97.6 cm³/mol. The van der Waals surface area contributed by atoms with Crippen LogP contribution in [0.1, 0.15) is 6.23 Å². The van der Waals surface area contributed by atoms with Crippen LogP contribution >= 0.6 is 23.5 Å². The van der Waals surface area contributed by atoms with Gasteiger partial charge in [-0.3, -0.25) is 9.09 Å². The maximum atomic E-state index is 11.7. The van der Waals surface area contributed by atoms with E-state index in [-0.39, 0.29) is 17.0 Å². The number of rotatable bonds is 12. The van der Waals surface area contributed by atoms with E-state index in [2.05, 4.69) is 28.1 Å². The SMILES string of the molecule is Nc1ncnc2c1ncn2C(CO)OC(CO)COP(=O)(O)OP(=O)(O)OP(=O)(O)O. The number of phosphoric acid groups is 3. The lowest BCUT2D eigenvalue weighted by Gasteiger charge is -2.24. The molecular weight excluding hydrogens is 491 g/mol. The molecule has 21 heteroatoms. The van der Waals surface area contributed by atoms with E-state index in [9.17, 15) is 28.8 Å². The number of fused-ring (bicyclic) bond motifs is 1. The molecule has 2 aromatic rings. The molecule has 0 radical (unpaired) electrons. The van der Waals surface area contributed by atoms with Crippen molar-refractivity contribution in [2.75, 3.05) is 25.6 Å². The summed E-state index contributed by atoms with van der Waals surface area (Å²) in [7, 11) is -16.6. The van der Waals surface area contributed by atoms with Gasteiger partial charge in [-0.1, -0.05) is 0 Å². The van der Waals surface area contributed by atoms with Crippen LogP contribution in [0, 0.1) is 0 Å². The number of aliphatic hydroxyl groups is 2. The lowest BCUT2D eigenvalue weighted by Crippen LogP contribution is -2.29. The van der Waals surface area contributed by atoms with Gasteiger partial charge in [0.2, 0.25) is 0 Å². The van der Waals surface area contributed by atoms with Crippen LogP contribution in [0.4, 0.5) is 5.82 Å². The molecule has 18 nitrogen and oxygen atoms in total. The molecule has 176 valence electrons. The molecule has 0 aromatic carbocycles. The third-order valence-electron chi connectivity index (χ3n) is 3.25. The Hall–Kier alpha value is -1.36. The second kappa shape index (κ2) is 10.1. The number of hydrogen-bond acceptors (Lipinski definition) is 13. The standard InChI is InChI=1S/C10H18N5O13P3/c11-9-8-10(13-4-12-9)15(5-14-8)7(2-17)26-6(1-16)3-25-30(21,22)28-31(23,24)27-29(18,19)20/h4-7,16-17H,1-3H2,(H,21,22)(H,23,24)(H2,11,12,13)(H2,18,19,20). The van der Waals surface area contributed by atoms with Crippen LogP contribution in [0.25, 0.3) is 11.2 Å². The number of imidazole rings is 1. The molecule has 0 aliphatic rings. The summed E-state index contributed by atoms with van der Waals surface area (Å²) >= 11 is 0. The van der Waals surface area contributed by atoms with E-state index in [0.29, 0.717) is 0 Å². The first-order valence-corrected chi connectivity index (χ1v) is 12.4. The van der Waals surface area contributed by atoms with Crippen LogP contribution in [0.15, 0.2) is 12.7 Å². The fraction of sp³-hybridized carbons (Fsp3) is 0.500. The molecule has 0 saturated carbocycles. The van der Waals surface area contributed by atoms with Crippen molar-refractivity contribution in [3.63, 3.8) is 0 Å². The molecule has 2 aromatic heterocycles. The number of hydrogen-bond donors (Lipinski definition) is 7. The third-order valence-corrected chi connectivity index (χ3v) is 7.05. The third kappa shape index (κ3) is 7.62. The summed E-state index contributed by atoms with van der Waals surface area (Å²) in [6.07, 6.45) is -0.309. The molecule has 4 atom stereocenters. The Morgan fingerprint density at radius 1 is 1.00 bits per heavy atom. The molecule has 31 heavy (non-hydrogen) atoms. The number of nitrogens with two attached hydrogens (primary N) is 1. The highest BCUT2D eigenvalue weighted by atomic mass is 31.3. The van der Waals surface area contributed by atoms with Gasteiger partial charge < -0.3 is 40.3 Å². The van der Waals surface area contributed by atoms with Crippen LogP contribution in [0.5, 0.6) is 0 Å². The van der Waals surface area contributed by atoms with Gasteiger partial charge in [0.15, 0.2) is 17.7 Å². The minimum absolute atomic E-state index is 0.0480. The molecule has 0 saturated heterocycles. The average Bonchev–Trinajstić information content (AvgIpc) is 3.04. The molecule has 0 aliphatic carbocycles. The van der Waals surface area contributed by atoms with E-state index in [4.69, 9.17) is 25.2 Å². The Morgan fingerprint density at radius 2 is 1.68 bits per heavy atom. The largest absolute Gasteiger partial charge is 0.490 e. The van der Waals surface area contributed by atoms with Gasteiger partial charge in [-0.15, -0.1) is 0 Å². The average molecular weight is 509 g/mol. The van der Waals surface area contributed by atoms with Gasteiger partial charge in [0, 0.05) is 0 Å². The monoisotopic (exact) mass is 509 g/mol. The van der Waals surface area contributed by atoms with Crippen molar-refractivity contribution in [3.8, 4) is 0 Å². The lowest BCUT2D eigenvalue weighted by atomic mass is 10.4. The normalized spacial score (nSPS) is 18.4. The molecule has 0 aliphatic heterocycles. The Bertz CT molecular complexity index is 1040. The van der Waals surface area contributed by atoms with E-state index in [1.807, 2.05) is 0 Å². The van der Waals surface area contributed by atoms with Crippen LogP contribution < -0.4 is 5.73 Å². The van der Waals surface area contributed by atoms with Crippen molar-refractivity contribution in [3.05, 3.63) is 12.7 Å². The van der Waals surface area contributed by atoms with Crippen molar-refractivity contribution in [1.29, 1.82) is 0 Å². The highest BCUT2D eigenvalue weighted by Gasteiger charge is 2.41. The minimum atomic E-state index is -5.69. The first-order valence-electron chi connectivity index (χ1n) is 7.85. The van der Waals surface area contributed by atoms with E-state index in [0.717, 1.165) is 6.33 Å². The van der Waals surface area contributed by atoms with Crippen molar-refractivity contribution >= 4 is 40.4 Å². The van der Waals surface area contributed by atoms with Gasteiger partial charge in [-0.25, -0.2) is 28.6 Å². The molecule has 4 unspecified atom stereocenters. The molecular formula is C10H18N5O13P3. The van der Waals surface area contributed by atoms with Crippen molar-refractivity contribution < 1.29 is 61.4 Å². The number of ether oxygens (including phenoxy) is 1. The molecule has 0 amide bonds. The molecule has 2 heterocycles. The Balaban J connectivity index is 2.06. The highest BCUT2D eigenvalue weighted by Crippen LogP contribution is 2.66. The lowest BCUT2D eigenvalue weighted by molar-refractivity contribution is -0.109. The maximum Gasteiger partial charge on any atom is 0.490 e. The number of nitrogen functional groups attached to an aromatic ring is 1. The Morgan fingerprint density at radius 3 is 2.26 bits per heavy atom. The molecule has 8 N–H and O–H groups in total. The number of nitrogens with zero attached hydrogens (tertiary/aromatic N) is 4. The summed E-state index contributed by atoms with van der Waals surface area (Å²) in [6, 6.07) is 0. The van der Waals surface area contributed by atoms with Crippen LogP contribution in [0.2, 0.25) is 0 Å². The topological polar surface area (TPSA) is 279 Å². The van der Waals surface area contributed by atoms with Crippen LogP contribution in [-0.4, -0.2) is 75.2 Å². The summed E-state index contributed by atoms with van der Waals surface area (Å²) in [6.45, 7) is -2.43. The zero-order valence-corrected chi connectivity index (χ0v) is 17.9. The fourth-order valence-corrected chi connectivity index (χ4v) is 5.16. The van der Waals surface area contributed by atoms with Crippen molar-refractivity contribution in [1.82, 2.24) is 19.5 Å². The van der Waals surface area contributed by atoms with Crippen molar-refractivity contribution in [2.45, 2.75) is 12.3 Å². The summed E-state index contributed by atoms with van der Waals surface area (Å²) in [5.41, 5.74) is 6.01. The molecule has 0 bridgehead atoms. The zero-order valence-electron chi connectivity index (χ0n) is 15.2. The summed E-state index contributed by atoms with van der Waals surface area (Å²) in [4.78, 5) is 47.2. The zero-order chi connectivity index (χ0) is 23.4. The van der Waals surface area contributed by atoms with E-state index in [1.165, 1.54) is 10.9 Å². The Labute approximate surface area is 172 Å². The first kappa shape index (κ1) is 25.9. The predicted octanol–water partition coefficient (Wildman–Crippen LogP) is -1.38. The number of aromatic nitrogens is 4. The maximum absolute atomic E-state index is 11.7. The quantitative estimate of drug-likeness (QED) is 0.162. The number of phosphoric ester groups is 1. The number of anilines is 1. The second-order valence-electron chi connectivity index (χ2n) is 5.55. The van der Waals surface area contributed by atoms with Gasteiger partial charge in [0.05, 0.1) is 26.1 Å². The second-order valence-corrected chi connectivity index (χ2v) is 9.97. The van der Waals surface area contributed by atoms with Gasteiger partial charge in [-0.2, -0.15) is 8.62 Å². The van der Waals surface area contributed by atoms with Gasteiger partial charge >= 0.3 is 23.5 Å². The highest BCUT2D eigenvalue weighted by molar-refractivity contribution is 7.66. The van der Waals surface area contributed by atoms with Gasteiger partial charge in [-0.05, 0) is 0 Å². The smallest absolute Gasteiger partial charge is 0.394 e. The minimum Gasteiger partial charge on any atom is -0.394 e. The van der Waals surface area contributed by atoms with Gasteiger partial charge in [0.1, 0.15) is 17.9 Å². The molecule has 0 spiro atoms. The van der Waals surface area contributed by atoms with Crippen molar-refractivity contribution in [2.24, 2.45) is 0 Å². The van der Waals surface area contributed by atoms with E-state index in [1.54, 1.807) is 0 Å². The van der Waals surface area contributed by atoms with Crippen LogP contribution in [0.3, 0.4) is 0 Å². The summed E-state index contributed by atoms with van der Waals surface area (Å²) < 4.78 is 51.7. The molecule has 2 rings (SSSR count). The summed E-state index contributed by atoms with van der Waals surface area (Å²) in [5, 5.41) is 19.0. The first-order chi connectivity index (χ1) is 14.3. The molecule has 0 fully saturated rings. The Kier molecular flexibility index (Phi) is 8.40. The fourth-order valence-electron chi connectivity index (χ4n) is 2.12. The van der Waals surface area contributed by atoms with Crippen LogP contribution in [-0.2, 0) is 31.6 Å². The van der Waals surface area contributed by atoms with E-state index < -0.39 is 55.6 Å². The number of aliphatic hydroxyl groups excluding tert-OH is 2. The van der Waals surface area contributed by atoms with Gasteiger partial charge in [0.25, 0.3) is 0 Å². The summed E-state index contributed by atoms with van der Waals surface area (Å²) in [5.74, 6) is 0.0480. The van der Waals surface area contributed by atoms with E-state index >= 15 is 0 Å².